The Morgan fingerprint density at radius 3 is 2.74 bits per heavy atom. The average molecular weight is 296 g/mol. The zero-order valence-corrected chi connectivity index (χ0v) is 12.3. The van der Waals surface area contributed by atoms with Crippen LogP contribution in [0.1, 0.15) is 12.5 Å². The van der Waals surface area contributed by atoms with Crippen molar-refractivity contribution >= 4 is 37.9 Å². The second-order valence-corrected chi connectivity index (χ2v) is 7.30. The van der Waals surface area contributed by atoms with Crippen LogP contribution in [0, 0.1) is 0 Å². The first-order chi connectivity index (χ1) is 8.93. The summed E-state index contributed by atoms with van der Waals surface area (Å²) in [6.45, 7) is 2.11. The summed E-state index contributed by atoms with van der Waals surface area (Å²) in [5.74, 6) is 0.314. The quantitative estimate of drug-likeness (QED) is 0.853. The minimum atomic E-state index is -2.96. The maximum absolute atomic E-state index is 11.6. The highest BCUT2D eigenvalue weighted by Gasteiger charge is 2.09. The lowest BCUT2D eigenvalue weighted by Crippen LogP contribution is -2.14. The third-order valence-corrected chi connectivity index (χ3v) is 5.06. The molecule has 0 radical (unpaired) electrons. The SMILES string of the molecule is CCS(=O)(=O)CCn1ccc2ccc(C(N)=S)cc21. The van der Waals surface area contributed by atoms with Crippen LogP contribution in [-0.2, 0) is 16.4 Å². The van der Waals surface area contributed by atoms with Crippen LogP contribution in [0.4, 0.5) is 0 Å². The molecule has 19 heavy (non-hydrogen) atoms. The van der Waals surface area contributed by atoms with Crippen molar-refractivity contribution in [3.63, 3.8) is 0 Å². The minimum Gasteiger partial charge on any atom is -0.389 e. The van der Waals surface area contributed by atoms with Gasteiger partial charge in [0.15, 0.2) is 9.84 Å². The molecule has 102 valence electrons. The number of aromatic nitrogens is 1. The van der Waals surface area contributed by atoms with Gasteiger partial charge in [-0.05, 0) is 17.5 Å². The van der Waals surface area contributed by atoms with Gasteiger partial charge in [-0.1, -0.05) is 31.3 Å². The van der Waals surface area contributed by atoms with E-state index < -0.39 is 9.84 Å². The molecular weight excluding hydrogens is 280 g/mol. The van der Waals surface area contributed by atoms with Gasteiger partial charge in [0, 0.05) is 29.6 Å². The molecule has 0 fully saturated rings. The number of hydrogen-bond acceptors (Lipinski definition) is 3. The van der Waals surface area contributed by atoms with Gasteiger partial charge in [-0.25, -0.2) is 8.42 Å². The van der Waals surface area contributed by atoms with Crippen LogP contribution in [0.3, 0.4) is 0 Å². The van der Waals surface area contributed by atoms with Gasteiger partial charge in [-0.3, -0.25) is 0 Å². The highest BCUT2D eigenvalue weighted by atomic mass is 32.2. The van der Waals surface area contributed by atoms with Crippen molar-refractivity contribution in [3.8, 4) is 0 Å². The van der Waals surface area contributed by atoms with Crippen LogP contribution < -0.4 is 5.73 Å². The maximum atomic E-state index is 11.6. The van der Waals surface area contributed by atoms with Gasteiger partial charge >= 0.3 is 0 Å². The zero-order valence-electron chi connectivity index (χ0n) is 10.7. The third-order valence-electron chi connectivity index (χ3n) is 3.14. The Bertz CT molecular complexity index is 717. The second kappa shape index (κ2) is 5.30. The predicted molar refractivity (Wildman–Crippen MR) is 82.2 cm³/mol. The molecule has 0 atom stereocenters. The molecule has 0 aliphatic heterocycles. The summed E-state index contributed by atoms with van der Waals surface area (Å²) in [6.07, 6.45) is 1.89. The van der Waals surface area contributed by atoms with Crippen molar-refractivity contribution in [2.24, 2.45) is 5.73 Å². The first-order valence-electron chi connectivity index (χ1n) is 6.02. The molecular formula is C13H16N2O2S2. The summed E-state index contributed by atoms with van der Waals surface area (Å²) in [7, 11) is -2.96. The Morgan fingerprint density at radius 2 is 2.11 bits per heavy atom. The molecule has 1 aromatic heterocycles. The fraction of sp³-hybridized carbons (Fsp3) is 0.308. The van der Waals surface area contributed by atoms with Crippen LogP contribution in [0.25, 0.3) is 10.9 Å². The monoisotopic (exact) mass is 296 g/mol. The number of rotatable bonds is 5. The second-order valence-electron chi connectivity index (χ2n) is 4.38. The highest BCUT2D eigenvalue weighted by molar-refractivity contribution is 7.91. The Labute approximate surface area is 118 Å². The Morgan fingerprint density at radius 1 is 1.37 bits per heavy atom. The van der Waals surface area contributed by atoms with Crippen molar-refractivity contribution in [1.29, 1.82) is 0 Å². The number of fused-ring (bicyclic) bond motifs is 1. The molecule has 0 amide bonds. The van der Waals surface area contributed by atoms with E-state index in [0.717, 1.165) is 16.5 Å². The molecule has 0 saturated heterocycles. The highest BCUT2D eigenvalue weighted by Crippen LogP contribution is 2.18. The van der Waals surface area contributed by atoms with Gasteiger partial charge in [0.1, 0.15) is 4.99 Å². The molecule has 0 aliphatic rings. The van der Waals surface area contributed by atoms with E-state index in [4.69, 9.17) is 18.0 Å². The smallest absolute Gasteiger partial charge is 0.151 e. The maximum Gasteiger partial charge on any atom is 0.151 e. The van der Waals surface area contributed by atoms with Crippen LogP contribution >= 0.6 is 12.2 Å². The van der Waals surface area contributed by atoms with Gasteiger partial charge in [-0.15, -0.1) is 0 Å². The number of hydrogen-bond donors (Lipinski definition) is 1. The molecule has 2 rings (SSSR count). The van der Waals surface area contributed by atoms with E-state index in [0.29, 0.717) is 11.5 Å². The number of benzene rings is 1. The van der Waals surface area contributed by atoms with Gasteiger partial charge in [-0.2, -0.15) is 0 Å². The van der Waals surface area contributed by atoms with Gasteiger partial charge in [0.25, 0.3) is 0 Å². The summed E-state index contributed by atoms with van der Waals surface area (Å²) in [4.78, 5) is 0.343. The summed E-state index contributed by atoms with van der Waals surface area (Å²) in [5, 5.41) is 1.05. The van der Waals surface area contributed by atoms with Crippen molar-refractivity contribution in [2.75, 3.05) is 11.5 Å². The number of aryl methyl sites for hydroxylation is 1. The van der Waals surface area contributed by atoms with E-state index in [1.165, 1.54) is 0 Å². The van der Waals surface area contributed by atoms with Crippen molar-refractivity contribution < 1.29 is 8.42 Å². The van der Waals surface area contributed by atoms with E-state index in [-0.39, 0.29) is 11.5 Å². The first-order valence-corrected chi connectivity index (χ1v) is 8.25. The molecule has 6 heteroatoms. The molecule has 0 spiro atoms. The van der Waals surface area contributed by atoms with Crippen LogP contribution in [0.2, 0.25) is 0 Å². The Hall–Kier alpha value is -1.40. The standard InChI is InChI=1S/C13H16N2O2S2/c1-2-19(16,17)8-7-15-6-5-10-3-4-11(13(14)18)9-12(10)15/h3-6,9H,2,7-8H2,1H3,(H2,14,18). The van der Waals surface area contributed by atoms with E-state index in [2.05, 4.69) is 0 Å². The van der Waals surface area contributed by atoms with E-state index >= 15 is 0 Å². The molecule has 1 aromatic carbocycles. The van der Waals surface area contributed by atoms with Gasteiger partial charge in [0.05, 0.1) is 5.75 Å². The van der Waals surface area contributed by atoms with E-state index in [1.54, 1.807) is 6.92 Å². The molecule has 0 bridgehead atoms. The van der Waals surface area contributed by atoms with Gasteiger partial charge in [0.2, 0.25) is 0 Å². The topological polar surface area (TPSA) is 65.1 Å². The number of nitrogens with two attached hydrogens (primary N) is 1. The number of sulfone groups is 1. The lowest BCUT2D eigenvalue weighted by molar-refractivity contribution is 0.591. The summed E-state index contributed by atoms with van der Waals surface area (Å²) in [6, 6.07) is 7.67. The van der Waals surface area contributed by atoms with Crippen LogP contribution in [-0.4, -0.2) is 29.5 Å². The fourth-order valence-electron chi connectivity index (χ4n) is 1.91. The zero-order chi connectivity index (χ0) is 14.0. The van der Waals surface area contributed by atoms with Crippen LogP contribution in [0.15, 0.2) is 30.5 Å². The largest absolute Gasteiger partial charge is 0.389 e. The number of thiocarbonyl (C=S) groups is 1. The lowest BCUT2D eigenvalue weighted by atomic mass is 10.1. The molecule has 0 aliphatic carbocycles. The van der Waals surface area contributed by atoms with Crippen LogP contribution in [0.5, 0.6) is 0 Å². The molecule has 4 nitrogen and oxygen atoms in total. The van der Waals surface area contributed by atoms with E-state index in [1.807, 2.05) is 35.0 Å². The number of nitrogens with zero attached hydrogens (tertiary/aromatic N) is 1. The molecule has 2 N–H and O–H groups in total. The lowest BCUT2D eigenvalue weighted by Gasteiger charge is -2.06. The Balaban J connectivity index is 2.33. The molecule has 1 heterocycles. The summed E-state index contributed by atoms with van der Waals surface area (Å²) < 4.78 is 25.0. The van der Waals surface area contributed by atoms with Crippen molar-refractivity contribution in [2.45, 2.75) is 13.5 Å². The van der Waals surface area contributed by atoms with E-state index in [9.17, 15) is 8.42 Å². The minimum absolute atomic E-state index is 0.143. The van der Waals surface area contributed by atoms with Gasteiger partial charge < -0.3 is 10.3 Å². The summed E-state index contributed by atoms with van der Waals surface area (Å²) in [5.41, 5.74) is 7.36. The first kappa shape index (κ1) is 14.0. The molecule has 0 saturated carbocycles. The third kappa shape index (κ3) is 3.13. The Kier molecular flexibility index (Phi) is 3.91. The molecule has 0 unspecified atom stereocenters. The normalized spacial score (nSPS) is 11.8. The van der Waals surface area contributed by atoms with Crippen molar-refractivity contribution in [3.05, 3.63) is 36.0 Å². The summed E-state index contributed by atoms with van der Waals surface area (Å²) >= 11 is 4.96. The average Bonchev–Trinajstić information content (AvgIpc) is 2.78. The fourth-order valence-corrected chi connectivity index (χ4v) is 2.80. The predicted octanol–water partition coefficient (Wildman–Crippen LogP) is 1.71. The molecule has 2 aromatic rings. The van der Waals surface area contributed by atoms with Crippen molar-refractivity contribution in [1.82, 2.24) is 4.57 Å².